The number of nitrogens with zero attached hydrogens (tertiary/aromatic N) is 3. The highest BCUT2D eigenvalue weighted by Gasteiger charge is 2.22. The summed E-state index contributed by atoms with van der Waals surface area (Å²) in [6, 6.07) is 3.95. The van der Waals surface area contributed by atoms with Gasteiger partial charge in [0.2, 0.25) is 0 Å². The zero-order valence-electron chi connectivity index (χ0n) is 12.2. The number of ether oxygens (including phenoxy) is 1. The molecule has 6 heteroatoms. The molecule has 0 saturated carbocycles. The number of morpholine rings is 1. The number of aliphatic carboxylic acids is 1. The maximum absolute atomic E-state index is 10.8. The molecule has 0 amide bonds. The molecule has 1 fully saturated rings. The van der Waals surface area contributed by atoms with Gasteiger partial charge in [-0.05, 0) is 26.0 Å². The van der Waals surface area contributed by atoms with E-state index in [4.69, 9.17) is 9.84 Å². The van der Waals surface area contributed by atoms with Crippen LogP contribution in [0.4, 0.5) is 5.69 Å². The number of carbonyl (C=O) groups is 1. The number of hydrogen-bond acceptors (Lipinski definition) is 4. The topological polar surface area (TPSA) is 67.1 Å². The van der Waals surface area contributed by atoms with Crippen LogP contribution in [0, 0.1) is 0 Å². The molecule has 1 saturated heterocycles. The third kappa shape index (κ3) is 3.00. The van der Waals surface area contributed by atoms with Crippen LogP contribution in [0.5, 0.6) is 0 Å². The molecule has 1 aliphatic rings. The second-order valence-corrected chi connectivity index (χ2v) is 5.62. The van der Waals surface area contributed by atoms with Crippen molar-refractivity contribution in [3.63, 3.8) is 0 Å². The van der Waals surface area contributed by atoms with Gasteiger partial charge in [0.1, 0.15) is 5.65 Å². The van der Waals surface area contributed by atoms with E-state index in [0.717, 1.165) is 24.4 Å². The number of carboxylic acid groups (broad SMARTS) is 1. The van der Waals surface area contributed by atoms with Gasteiger partial charge in [-0.1, -0.05) is 0 Å². The van der Waals surface area contributed by atoms with E-state index in [-0.39, 0.29) is 18.6 Å². The van der Waals surface area contributed by atoms with Crippen LogP contribution < -0.4 is 4.90 Å². The molecule has 21 heavy (non-hydrogen) atoms. The Morgan fingerprint density at radius 2 is 2.05 bits per heavy atom. The van der Waals surface area contributed by atoms with Crippen LogP contribution in [0.15, 0.2) is 24.5 Å². The minimum Gasteiger partial charge on any atom is -0.481 e. The van der Waals surface area contributed by atoms with Crippen LogP contribution in [0.25, 0.3) is 5.65 Å². The SMILES string of the molecule is CC1CN(c2ccc3nc(CC(=O)O)cn3c2)CC(C)O1. The molecule has 0 spiro atoms. The fourth-order valence-electron chi connectivity index (χ4n) is 2.85. The first-order valence-electron chi connectivity index (χ1n) is 7.11. The molecule has 2 atom stereocenters. The summed E-state index contributed by atoms with van der Waals surface area (Å²) in [5, 5.41) is 8.84. The van der Waals surface area contributed by atoms with Crippen molar-refractivity contribution in [2.75, 3.05) is 18.0 Å². The molecule has 112 valence electrons. The van der Waals surface area contributed by atoms with Crippen LogP contribution in [0.2, 0.25) is 0 Å². The summed E-state index contributed by atoms with van der Waals surface area (Å²) < 4.78 is 7.63. The highest BCUT2D eigenvalue weighted by Crippen LogP contribution is 2.21. The Hall–Kier alpha value is -2.08. The van der Waals surface area contributed by atoms with Gasteiger partial charge >= 0.3 is 5.97 Å². The lowest BCUT2D eigenvalue weighted by atomic mass is 10.2. The Balaban J connectivity index is 1.88. The monoisotopic (exact) mass is 289 g/mol. The molecule has 3 heterocycles. The molecule has 0 aromatic carbocycles. The number of rotatable bonds is 3. The molecule has 0 bridgehead atoms. The van der Waals surface area contributed by atoms with Crippen molar-refractivity contribution in [1.82, 2.24) is 9.38 Å². The van der Waals surface area contributed by atoms with Crippen molar-refractivity contribution in [2.45, 2.75) is 32.5 Å². The van der Waals surface area contributed by atoms with Gasteiger partial charge in [0.05, 0.1) is 30.0 Å². The average molecular weight is 289 g/mol. The largest absolute Gasteiger partial charge is 0.481 e. The molecule has 2 aromatic heterocycles. The lowest BCUT2D eigenvalue weighted by Gasteiger charge is -2.36. The summed E-state index contributed by atoms with van der Waals surface area (Å²) in [5.74, 6) is -0.866. The zero-order chi connectivity index (χ0) is 15.0. The van der Waals surface area contributed by atoms with E-state index in [9.17, 15) is 4.79 Å². The third-order valence-electron chi connectivity index (χ3n) is 3.60. The summed E-state index contributed by atoms with van der Waals surface area (Å²) in [5.41, 5.74) is 2.44. The number of anilines is 1. The standard InChI is InChI=1S/C15H19N3O3/c1-10-6-17(7-11(2)21-10)13-3-4-14-16-12(5-15(19)20)8-18(14)9-13/h3-4,8-11H,5-7H2,1-2H3,(H,19,20). The Morgan fingerprint density at radius 3 is 2.71 bits per heavy atom. The quantitative estimate of drug-likeness (QED) is 0.929. The highest BCUT2D eigenvalue weighted by molar-refractivity contribution is 5.70. The fraction of sp³-hybridized carbons (Fsp3) is 0.467. The van der Waals surface area contributed by atoms with E-state index in [0.29, 0.717) is 5.69 Å². The minimum atomic E-state index is -0.866. The maximum atomic E-state index is 10.8. The molecule has 6 nitrogen and oxygen atoms in total. The summed E-state index contributed by atoms with van der Waals surface area (Å²) in [6.45, 7) is 5.85. The minimum absolute atomic E-state index is 0.0529. The summed E-state index contributed by atoms with van der Waals surface area (Å²) in [7, 11) is 0. The van der Waals surface area contributed by atoms with Crippen molar-refractivity contribution in [3.05, 3.63) is 30.2 Å². The van der Waals surface area contributed by atoms with Gasteiger partial charge in [-0.15, -0.1) is 0 Å². The second kappa shape index (κ2) is 5.37. The first-order chi connectivity index (χ1) is 10.0. The zero-order valence-corrected chi connectivity index (χ0v) is 12.2. The summed E-state index contributed by atoms with van der Waals surface area (Å²) in [4.78, 5) is 17.4. The van der Waals surface area contributed by atoms with Gasteiger partial charge in [-0.25, -0.2) is 4.98 Å². The van der Waals surface area contributed by atoms with E-state index in [1.165, 1.54) is 0 Å². The van der Waals surface area contributed by atoms with E-state index in [2.05, 4.69) is 23.7 Å². The first-order valence-corrected chi connectivity index (χ1v) is 7.11. The third-order valence-corrected chi connectivity index (χ3v) is 3.60. The van der Waals surface area contributed by atoms with Crippen molar-refractivity contribution in [3.8, 4) is 0 Å². The van der Waals surface area contributed by atoms with E-state index in [1.807, 2.05) is 22.7 Å². The molecule has 1 aliphatic heterocycles. The Labute approximate surface area is 123 Å². The molecule has 3 rings (SSSR count). The van der Waals surface area contributed by atoms with E-state index >= 15 is 0 Å². The van der Waals surface area contributed by atoms with Crippen LogP contribution in [0.3, 0.4) is 0 Å². The number of hydrogen-bond donors (Lipinski definition) is 1. The highest BCUT2D eigenvalue weighted by atomic mass is 16.5. The lowest BCUT2D eigenvalue weighted by molar-refractivity contribution is -0.136. The van der Waals surface area contributed by atoms with E-state index in [1.54, 1.807) is 6.20 Å². The van der Waals surface area contributed by atoms with Gasteiger partial charge in [-0.3, -0.25) is 4.79 Å². The van der Waals surface area contributed by atoms with Crippen molar-refractivity contribution in [2.24, 2.45) is 0 Å². The predicted octanol–water partition coefficient (Wildman–Crippen LogP) is 1.57. The number of pyridine rings is 1. The van der Waals surface area contributed by atoms with Crippen LogP contribution in [-0.4, -0.2) is 45.8 Å². The molecule has 2 unspecified atom stereocenters. The molecule has 0 radical (unpaired) electrons. The first kappa shape index (κ1) is 13.9. The number of imidazole rings is 1. The number of carboxylic acids is 1. The Bertz CT molecular complexity index is 657. The lowest BCUT2D eigenvalue weighted by Crippen LogP contribution is -2.45. The molecule has 1 N–H and O–H groups in total. The van der Waals surface area contributed by atoms with Crippen LogP contribution in [0.1, 0.15) is 19.5 Å². The van der Waals surface area contributed by atoms with Crippen molar-refractivity contribution in [1.29, 1.82) is 0 Å². The van der Waals surface area contributed by atoms with Gasteiger partial charge in [0, 0.05) is 25.5 Å². The maximum Gasteiger partial charge on any atom is 0.309 e. The van der Waals surface area contributed by atoms with Gasteiger partial charge in [0.25, 0.3) is 0 Å². The fourth-order valence-corrected chi connectivity index (χ4v) is 2.85. The van der Waals surface area contributed by atoms with Gasteiger partial charge in [-0.2, -0.15) is 0 Å². The molecular weight excluding hydrogens is 270 g/mol. The summed E-state index contributed by atoms with van der Waals surface area (Å²) in [6.07, 6.45) is 4.13. The van der Waals surface area contributed by atoms with E-state index < -0.39 is 5.97 Å². The van der Waals surface area contributed by atoms with Crippen molar-refractivity contribution >= 4 is 17.3 Å². The van der Waals surface area contributed by atoms with Crippen molar-refractivity contribution < 1.29 is 14.6 Å². The van der Waals surface area contributed by atoms with Crippen LogP contribution in [-0.2, 0) is 16.0 Å². The number of aromatic nitrogens is 2. The average Bonchev–Trinajstić information content (AvgIpc) is 2.77. The second-order valence-electron chi connectivity index (χ2n) is 5.62. The Morgan fingerprint density at radius 1 is 1.33 bits per heavy atom. The van der Waals surface area contributed by atoms with Gasteiger partial charge in [0.15, 0.2) is 0 Å². The van der Waals surface area contributed by atoms with Gasteiger partial charge < -0.3 is 19.1 Å². The summed E-state index contributed by atoms with van der Waals surface area (Å²) >= 11 is 0. The smallest absolute Gasteiger partial charge is 0.309 e. The van der Waals surface area contributed by atoms with Crippen LogP contribution >= 0.6 is 0 Å². The number of fused-ring (bicyclic) bond motifs is 1. The predicted molar refractivity (Wildman–Crippen MR) is 78.8 cm³/mol. The molecular formula is C15H19N3O3. The molecule has 0 aliphatic carbocycles. The molecule has 2 aromatic rings. The Kier molecular flexibility index (Phi) is 3.55. The normalized spacial score (nSPS) is 22.7.